The Balaban J connectivity index is 0.000000522. The number of carbonyl (C=O) groups excluding carboxylic acids is 3. The zero-order valence-electron chi connectivity index (χ0n) is 37.1. The molecule has 338 valence electrons. The van der Waals surface area contributed by atoms with Crippen LogP contribution in [0.15, 0.2) is 72.8 Å². The van der Waals surface area contributed by atoms with Crippen molar-refractivity contribution >= 4 is 23.8 Å². The number of piperidine rings is 2. The van der Waals surface area contributed by atoms with Gasteiger partial charge in [-0.05, 0) is 129 Å². The highest BCUT2D eigenvalue weighted by atomic mass is 19.1. The van der Waals surface area contributed by atoms with Crippen molar-refractivity contribution < 1.29 is 38.1 Å². The molecular formula is C52H61FN4O7. The van der Waals surface area contributed by atoms with Crippen LogP contribution in [-0.2, 0) is 32.7 Å². The summed E-state index contributed by atoms with van der Waals surface area (Å²) in [5, 5.41) is 15.7. The lowest BCUT2D eigenvalue weighted by Crippen LogP contribution is -2.46. The molecule has 6 aliphatic rings. The van der Waals surface area contributed by atoms with Gasteiger partial charge in [0.05, 0.1) is 31.6 Å². The predicted octanol–water partition coefficient (Wildman–Crippen LogP) is 7.55. The fourth-order valence-electron chi connectivity index (χ4n) is 11.5. The van der Waals surface area contributed by atoms with Gasteiger partial charge in [0.1, 0.15) is 29.4 Å². The summed E-state index contributed by atoms with van der Waals surface area (Å²) in [6.07, 6.45) is 9.09. The second-order valence-corrected chi connectivity index (χ2v) is 18.8. The topological polar surface area (TPSA) is 130 Å². The van der Waals surface area contributed by atoms with E-state index in [2.05, 4.69) is 50.8 Å². The van der Waals surface area contributed by atoms with Crippen LogP contribution >= 0.6 is 0 Å². The molecule has 12 heteroatoms. The number of hydrogen-bond donors (Lipinski definition) is 3. The van der Waals surface area contributed by atoms with Crippen molar-refractivity contribution in [2.24, 2.45) is 5.92 Å². The van der Waals surface area contributed by atoms with Crippen molar-refractivity contribution in [3.05, 3.63) is 118 Å². The summed E-state index contributed by atoms with van der Waals surface area (Å²) in [5.74, 6) is 2.18. The van der Waals surface area contributed by atoms with Gasteiger partial charge >= 0.3 is 0 Å². The molecule has 2 amide bonds. The van der Waals surface area contributed by atoms with Crippen LogP contribution < -0.4 is 25.0 Å². The highest BCUT2D eigenvalue weighted by Crippen LogP contribution is 2.51. The predicted molar refractivity (Wildman–Crippen MR) is 243 cm³/mol. The van der Waals surface area contributed by atoms with Crippen LogP contribution in [0.3, 0.4) is 0 Å². The second kappa shape index (κ2) is 18.6. The van der Waals surface area contributed by atoms with Crippen LogP contribution in [0.4, 0.5) is 10.1 Å². The van der Waals surface area contributed by atoms with Crippen molar-refractivity contribution in [3.8, 4) is 17.2 Å². The number of amides is 2. The molecule has 0 aromatic heterocycles. The molecule has 4 aromatic carbocycles. The standard InChI is InChI=1S/C46H50FN3O5.C6H11NO2/c1-53-41-23-40(39(47)21-37(41)43-34(30-5-3-2-4-6-30)9-7-31-19-33(51)8-10-35(31)43)50-17-13-46(14-18-50)24-29(27-55-46)26-49-15-11-45(12-16-49)28-54-42-22-36-32(20-38(42)45)25-48-44(36)52;1-7-6(9)4-2-3-5-8/h2-6,8,10,19-23,29,34,43,51H,7,9,11-18,24-28H2,1H3,(H,48,52);5H,2-4H2,1H3,(H,7,9). The Morgan fingerprint density at radius 2 is 1.80 bits per heavy atom. The summed E-state index contributed by atoms with van der Waals surface area (Å²) < 4.78 is 35.3. The van der Waals surface area contributed by atoms with E-state index in [0.29, 0.717) is 49.8 Å². The van der Waals surface area contributed by atoms with Crippen LogP contribution in [0.5, 0.6) is 17.2 Å². The fraction of sp³-hybridized carbons (Fsp3) is 0.481. The first-order valence-corrected chi connectivity index (χ1v) is 23.2. The minimum absolute atomic E-state index is 0.00292. The van der Waals surface area contributed by atoms with E-state index in [-0.39, 0.29) is 46.2 Å². The smallest absolute Gasteiger partial charge is 0.252 e. The number of phenolic OH excluding ortho intramolecular Hbond substituents is 1. The molecule has 0 bridgehead atoms. The number of phenols is 1. The molecule has 3 saturated heterocycles. The molecule has 2 spiro atoms. The SMILES string of the molecule is CNC(=O)CCCC=O.COc1cc(N2CCC3(CC2)CC(CN2CCC4(CC2)COc2cc5c(cc24)CNC5=O)CO3)c(F)cc1C1c2ccc(O)cc2CCC1c1ccccc1. The number of anilines is 1. The van der Waals surface area contributed by atoms with E-state index in [1.807, 2.05) is 30.3 Å². The monoisotopic (exact) mass is 872 g/mol. The molecule has 5 heterocycles. The third-order valence-electron chi connectivity index (χ3n) is 15.1. The van der Waals surface area contributed by atoms with Crippen LogP contribution in [-0.4, -0.2) is 93.8 Å². The van der Waals surface area contributed by atoms with Crippen LogP contribution in [0.1, 0.15) is 113 Å². The van der Waals surface area contributed by atoms with E-state index in [1.54, 1.807) is 26.3 Å². The Morgan fingerprint density at radius 3 is 2.55 bits per heavy atom. The number of benzene rings is 4. The Bertz CT molecular complexity index is 2360. The molecule has 3 fully saturated rings. The average molecular weight is 873 g/mol. The number of rotatable bonds is 10. The highest BCUT2D eigenvalue weighted by molar-refractivity contribution is 5.99. The van der Waals surface area contributed by atoms with Gasteiger partial charge < -0.3 is 44.5 Å². The lowest BCUT2D eigenvalue weighted by atomic mass is 9.69. The third-order valence-corrected chi connectivity index (χ3v) is 15.1. The molecule has 4 aromatic rings. The Labute approximate surface area is 375 Å². The largest absolute Gasteiger partial charge is 0.508 e. The Morgan fingerprint density at radius 1 is 1.00 bits per heavy atom. The molecule has 0 radical (unpaired) electrons. The van der Waals surface area contributed by atoms with Crippen molar-refractivity contribution in [2.75, 3.05) is 65.0 Å². The van der Waals surface area contributed by atoms with Crippen LogP contribution in [0.2, 0.25) is 0 Å². The quantitative estimate of drug-likeness (QED) is 0.109. The van der Waals surface area contributed by atoms with Crippen LogP contribution in [0.25, 0.3) is 0 Å². The van der Waals surface area contributed by atoms with Gasteiger partial charge in [-0.15, -0.1) is 0 Å². The first kappa shape index (κ1) is 43.8. The lowest BCUT2D eigenvalue weighted by molar-refractivity contribution is -0.120. The molecule has 11 nitrogen and oxygen atoms in total. The number of carbonyl (C=O) groups is 3. The lowest BCUT2D eigenvalue weighted by Gasteiger charge is -2.41. The van der Waals surface area contributed by atoms with Gasteiger partial charge in [0, 0.05) is 80.2 Å². The number of likely N-dealkylation sites (tertiary alicyclic amines) is 1. The van der Waals surface area contributed by atoms with Crippen molar-refractivity contribution in [1.82, 2.24) is 15.5 Å². The molecule has 10 rings (SSSR count). The molecule has 3 unspecified atom stereocenters. The first-order chi connectivity index (χ1) is 31.1. The maximum absolute atomic E-state index is 16.4. The number of aromatic hydroxyl groups is 1. The van der Waals surface area contributed by atoms with Gasteiger partial charge in [-0.1, -0.05) is 36.4 Å². The Hall–Kier alpha value is -5.46. The molecule has 5 aliphatic heterocycles. The zero-order valence-corrected chi connectivity index (χ0v) is 37.1. The van der Waals surface area contributed by atoms with E-state index in [9.17, 15) is 19.5 Å². The number of unbranched alkanes of at least 4 members (excludes halogenated alkanes) is 1. The third kappa shape index (κ3) is 8.71. The molecule has 3 atom stereocenters. The van der Waals surface area contributed by atoms with Crippen LogP contribution in [0, 0.1) is 11.7 Å². The van der Waals surface area contributed by atoms with E-state index in [4.69, 9.17) is 14.2 Å². The molecule has 1 aliphatic carbocycles. The first-order valence-electron chi connectivity index (χ1n) is 23.2. The summed E-state index contributed by atoms with van der Waals surface area (Å²) in [7, 11) is 3.27. The minimum atomic E-state index is -0.220. The molecule has 64 heavy (non-hydrogen) atoms. The minimum Gasteiger partial charge on any atom is -0.508 e. The highest BCUT2D eigenvalue weighted by Gasteiger charge is 2.47. The molecular weight excluding hydrogens is 812 g/mol. The number of nitrogens with zero attached hydrogens (tertiary/aromatic N) is 2. The summed E-state index contributed by atoms with van der Waals surface area (Å²) >= 11 is 0. The summed E-state index contributed by atoms with van der Waals surface area (Å²) in [5.41, 5.74) is 7.95. The number of methoxy groups -OCH3 is 1. The van der Waals surface area contributed by atoms with Crippen molar-refractivity contribution in [3.63, 3.8) is 0 Å². The molecule has 0 saturated carbocycles. The number of hydrogen-bond acceptors (Lipinski definition) is 9. The Kier molecular flexibility index (Phi) is 12.7. The van der Waals surface area contributed by atoms with Gasteiger partial charge in [0.25, 0.3) is 5.91 Å². The molecule has 3 N–H and O–H groups in total. The maximum atomic E-state index is 16.4. The van der Waals surface area contributed by atoms with E-state index < -0.39 is 0 Å². The number of aryl methyl sites for hydroxylation is 1. The summed E-state index contributed by atoms with van der Waals surface area (Å²) in [4.78, 5) is 37.2. The van der Waals surface area contributed by atoms with Gasteiger partial charge in [0.15, 0.2) is 0 Å². The number of nitrogens with one attached hydrogen (secondary N) is 2. The summed E-state index contributed by atoms with van der Waals surface area (Å²) in [6.45, 7) is 6.68. The van der Waals surface area contributed by atoms with Gasteiger partial charge in [-0.2, -0.15) is 0 Å². The van der Waals surface area contributed by atoms with Gasteiger partial charge in [-0.25, -0.2) is 4.39 Å². The number of halogens is 1. The normalized spacial score (nSPS) is 22.7. The van der Waals surface area contributed by atoms with Gasteiger partial charge in [-0.3, -0.25) is 9.59 Å². The maximum Gasteiger partial charge on any atom is 0.252 e. The summed E-state index contributed by atoms with van der Waals surface area (Å²) in [6, 6.07) is 23.9. The number of aldehydes is 1. The second-order valence-electron chi connectivity index (χ2n) is 18.8. The van der Waals surface area contributed by atoms with Crippen molar-refractivity contribution in [1.29, 1.82) is 0 Å². The van der Waals surface area contributed by atoms with E-state index in [0.717, 1.165) is 124 Å². The fourth-order valence-corrected chi connectivity index (χ4v) is 11.5. The van der Waals surface area contributed by atoms with Crippen molar-refractivity contribution in [2.45, 2.75) is 93.6 Å². The van der Waals surface area contributed by atoms with Gasteiger partial charge in [0.2, 0.25) is 5.91 Å². The number of ether oxygens (including phenoxy) is 3. The van der Waals surface area contributed by atoms with E-state index >= 15 is 4.39 Å². The zero-order chi connectivity index (χ0) is 44.4. The average Bonchev–Trinajstić information content (AvgIpc) is 4.00. The number of fused-ring (bicyclic) bond motifs is 4. The van der Waals surface area contributed by atoms with E-state index in [1.165, 1.54) is 11.1 Å².